The maximum atomic E-state index is 13.2. The topological polar surface area (TPSA) is 142 Å². The Morgan fingerprint density at radius 1 is 1.26 bits per heavy atom. The van der Waals surface area contributed by atoms with E-state index in [0.717, 1.165) is 5.56 Å². The number of amides is 2. The fraction of sp³-hybridized carbons (Fsp3) is 0.364. The zero-order valence-electron chi connectivity index (χ0n) is 17.4. The van der Waals surface area contributed by atoms with Gasteiger partial charge in [-0.1, -0.05) is 12.1 Å². The number of hydrogen-bond donors (Lipinski definition) is 4. The second-order valence-corrected chi connectivity index (χ2v) is 7.48. The van der Waals surface area contributed by atoms with Gasteiger partial charge in [0.1, 0.15) is 23.3 Å². The number of likely N-dealkylation sites (tertiary alicyclic amines) is 1. The lowest BCUT2D eigenvalue weighted by Crippen LogP contribution is -2.52. The van der Waals surface area contributed by atoms with Crippen LogP contribution < -0.4 is 15.8 Å². The van der Waals surface area contributed by atoms with Gasteiger partial charge in [0, 0.05) is 31.3 Å². The Morgan fingerprint density at radius 3 is 2.48 bits per heavy atom. The van der Waals surface area contributed by atoms with Crippen molar-refractivity contribution in [1.29, 1.82) is 5.41 Å². The summed E-state index contributed by atoms with van der Waals surface area (Å²) in [6.45, 7) is 0.890. The van der Waals surface area contributed by atoms with Crippen molar-refractivity contribution >= 4 is 17.6 Å². The van der Waals surface area contributed by atoms with Gasteiger partial charge in [-0.15, -0.1) is 0 Å². The quantitative estimate of drug-likeness (QED) is 0.380. The van der Waals surface area contributed by atoms with E-state index in [4.69, 9.17) is 15.9 Å². The molecule has 31 heavy (non-hydrogen) atoms. The zero-order valence-corrected chi connectivity index (χ0v) is 17.4. The normalized spacial score (nSPS) is 15.2. The van der Waals surface area contributed by atoms with Crippen LogP contribution in [0.15, 0.2) is 42.6 Å². The molecule has 2 heterocycles. The molecule has 5 N–H and O–H groups in total. The molecule has 1 aliphatic rings. The van der Waals surface area contributed by atoms with Crippen molar-refractivity contribution in [1.82, 2.24) is 15.2 Å². The molecule has 3 rings (SSSR count). The Kier molecular flexibility index (Phi) is 7.19. The minimum Gasteiger partial charge on any atom is -0.497 e. The highest BCUT2D eigenvalue weighted by Crippen LogP contribution is 2.16. The van der Waals surface area contributed by atoms with Gasteiger partial charge in [0.2, 0.25) is 5.91 Å². The Balaban J connectivity index is 1.77. The van der Waals surface area contributed by atoms with E-state index in [1.54, 1.807) is 24.1 Å². The molecule has 9 nitrogen and oxygen atoms in total. The number of benzene rings is 1. The van der Waals surface area contributed by atoms with Crippen LogP contribution in [0.25, 0.3) is 0 Å². The zero-order chi connectivity index (χ0) is 22.4. The highest BCUT2D eigenvalue weighted by molar-refractivity contribution is 5.98. The predicted octanol–water partition coefficient (Wildman–Crippen LogP) is 0.699. The van der Waals surface area contributed by atoms with Gasteiger partial charge in [0.15, 0.2) is 0 Å². The van der Waals surface area contributed by atoms with Crippen LogP contribution in [0.3, 0.4) is 0 Å². The van der Waals surface area contributed by atoms with E-state index in [-0.39, 0.29) is 17.4 Å². The van der Waals surface area contributed by atoms with Gasteiger partial charge in [-0.05, 0) is 42.7 Å². The van der Waals surface area contributed by atoms with Crippen molar-refractivity contribution in [2.45, 2.75) is 31.4 Å². The van der Waals surface area contributed by atoms with Crippen molar-refractivity contribution in [2.24, 2.45) is 5.73 Å². The molecule has 0 radical (unpaired) electrons. The van der Waals surface area contributed by atoms with Crippen LogP contribution in [0.4, 0.5) is 0 Å². The number of aromatic nitrogens is 1. The van der Waals surface area contributed by atoms with Crippen LogP contribution in [-0.4, -0.2) is 65.0 Å². The number of ether oxygens (including phenoxy) is 1. The average molecular weight is 425 g/mol. The molecule has 1 saturated heterocycles. The molecule has 2 amide bonds. The summed E-state index contributed by atoms with van der Waals surface area (Å²) in [5.74, 6) is -0.120. The Morgan fingerprint density at radius 2 is 1.94 bits per heavy atom. The summed E-state index contributed by atoms with van der Waals surface area (Å²) in [6.07, 6.45) is 2.29. The van der Waals surface area contributed by atoms with Crippen molar-refractivity contribution in [3.8, 4) is 5.75 Å². The Bertz CT molecular complexity index is 922. The van der Waals surface area contributed by atoms with Crippen molar-refractivity contribution < 1.29 is 19.4 Å². The number of methoxy groups -OCH3 is 1. The standard InChI is InChI=1S/C22H27N5O4/c1-31-17-5-2-14(3-6-17)12-19(22(30)27-10-8-16(28)9-11-27)26-21(29)18-7-4-15(13-25-18)20(23)24/h2-7,13,16,19,28H,8-12H2,1H3,(H3,23,24)(H,26,29)/t19-/m0/s1. The highest BCUT2D eigenvalue weighted by Gasteiger charge is 2.29. The van der Waals surface area contributed by atoms with Gasteiger partial charge in [0.25, 0.3) is 5.91 Å². The van der Waals surface area contributed by atoms with E-state index < -0.39 is 18.1 Å². The summed E-state index contributed by atoms with van der Waals surface area (Å²) in [7, 11) is 1.58. The molecule has 1 fully saturated rings. The largest absolute Gasteiger partial charge is 0.497 e. The van der Waals surface area contributed by atoms with Gasteiger partial charge < -0.3 is 25.8 Å². The van der Waals surface area contributed by atoms with E-state index in [1.807, 2.05) is 12.1 Å². The number of amidine groups is 1. The lowest BCUT2D eigenvalue weighted by molar-refractivity contribution is -0.135. The molecule has 1 aromatic carbocycles. The number of nitrogens with zero attached hydrogens (tertiary/aromatic N) is 2. The predicted molar refractivity (Wildman–Crippen MR) is 115 cm³/mol. The summed E-state index contributed by atoms with van der Waals surface area (Å²) in [4.78, 5) is 31.7. The van der Waals surface area contributed by atoms with Gasteiger partial charge in [-0.3, -0.25) is 20.0 Å². The van der Waals surface area contributed by atoms with E-state index in [1.165, 1.54) is 18.3 Å². The minimum absolute atomic E-state index is 0.131. The molecule has 0 bridgehead atoms. The number of rotatable bonds is 7. The Labute approximate surface area is 180 Å². The smallest absolute Gasteiger partial charge is 0.270 e. The second kappa shape index (κ2) is 10.0. The van der Waals surface area contributed by atoms with Crippen molar-refractivity contribution in [2.75, 3.05) is 20.2 Å². The molecule has 1 atom stereocenters. The molecule has 0 saturated carbocycles. The molecule has 0 unspecified atom stereocenters. The minimum atomic E-state index is -0.787. The number of aliphatic hydroxyl groups is 1. The molecule has 164 valence electrons. The molecular weight excluding hydrogens is 398 g/mol. The molecule has 1 aliphatic heterocycles. The number of carbonyl (C=O) groups is 2. The highest BCUT2D eigenvalue weighted by atomic mass is 16.5. The van der Waals surface area contributed by atoms with Gasteiger partial charge in [-0.25, -0.2) is 0 Å². The van der Waals surface area contributed by atoms with Crippen molar-refractivity contribution in [3.05, 3.63) is 59.4 Å². The summed E-state index contributed by atoms with van der Waals surface area (Å²) >= 11 is 0. The fourth-order valence-electron chi connectivity index (χ4n) is 3.42. The number of hydrogen-bond acceptors (Lipinski definition) is 6. The number of nitrogens with one attached hydrogen (secondary N) is 2. The molecule has 9 heteroatoms. The van der Waals surface area contributed by atoms with Crippen molar-refractivity contribution in [3.63, 3.8) is 0 Å². The van der Waals surface area contributed by atoms with E-state index >= 15 is 0 Å². The molecule has 0 spiro atoms. The number of nitrogens with two attached hydrogens (primary N) is 1. The Hall–Kier alpha value is -3.46. The van der Waals surface area contributed by atoms with Crippen LogP contribution in [0, 0.1) is 5.41 Å². The first-order valence-corrected chi connectivity index (χ1v) is 10.1. The molecular formula is C22H27N5O4. The van der Waals surface area contributed by atoms with Crippen LogP contribution in [-0.2, 0) is 11.2 Å². The summed E-state index contributed by atoms with van der Waals surface area (Å²) in [6, 6.07) is 9.53. The molecule has 1 aromatic heterocycles. The number of aliphatic hydroxyl groups excluding tert-OH is 1. The summed E-state index contributed by atoms with van der Waals surface area (Å²) in [5, 5.41) is 20.0. The number of pyridine rings is 1. The van der Waals surface area contributed by atoms with Crippen LogP contribution in [0.1, 0.15) is 34.5 Å². The van der Waals surface area contributed by atoms with Crippen LogP contribution >= 0.6 is 0 Å². The third-order valence-corrected chi connectivity index (χ3v) is 5.29. The monoisotopic (exact) mass is 425 g/mol. The van der Waals surface area contributed by atoms with Gasteiger partial charge >= 0.3 is 0 Å². The average Bonchev–Trinajstić information content (AvgIpc) is 2.79. The number of nitrogen functional groups attached to an aromatic ring is 1. The maximum Gasteiger partial charge on any atom is 0.270 e. The third kappa shape index (κ3) is 5.79. The lowest BCUT2D eigenvalue weighted by atomic mass is 10.0. The number of carbonyl (C=O) groups excluding carboxylic acids is 2. The van der Waals surface area contributed by atoms with Crippen LogP contribution in [0.2, 0.25) is 0 Å². The first kappa shape index (κ1) is 22.2. The van der Waals surface area contributed by atoms with Gasteiger partial charge in [0.05, 0.1) is 13.2 Å². The number of piperidine rings is 1. The third-order valence-electron chi connectivity index (χ3n) is 5.29. The lowest BCUT2D eigenvalue weighted by Gasteiger charge is -2.32. The van der Waals surface area contributed by atoms with Gasteiger partial charge in [-0.2, -0.15) is 0 Å². The second-order valence-electron chi connectivity index (χ2n) is 7.48. The molecule has 0 aliphatic carbocycles. The first-order valence-electron chi connectivity index (χ1n) is 10.1. The van der Waals surface area contributed by atoms with E-state index in [2.05, 4.69) is 10.3 Å². The summed E-state index contributed by atoms with van der Waals surface area (Å²) < 4.78 is 5.17. The first-order chi connectivity index (χ1) is 14.9. The maximum absolute atomic E-state index is 13.2. The molecule has 2 aromatic rings. The van der Waals surface area contributed by atoms with E-state index in [9.17, 15) is 14.7 Å². The van der Waals surface area contributed by atoms with Crippen LogP contribution in [0.5, 0.6) is 5.75 Å². The van der Waals surface area contributed by atoms with E-state index in [0.29, 0.717) is 43.7 Å². The SMILES string of the molecule is COc1ccc(C[C@H](NC(=O)c2ccc(C(=N)N)cn2)C(=O)N2CCC(O)CC2)cc1. The fourth-order valence-corrected chi connectivity index (χ4v) is 3.42. The summed E-state index contributed by atoms with van der Waals surface area (Å²) in [5.41, 5.74) is 6.84.